The van der Waals surface area contributed by atoms with Crippen molar-refractivity contribution in [3.8, 4) is 0 Å². The van der Waals surface area contributed by atoms with Crippen molar-refractivity contribution < 1.29 is 19.4 Å². The molecule has 1 N–H and O–H groups in total. The third-order valence-corrected chi connectivity index (χ3v) is 6.51. The topological polar surface area (TPSA) is 59.0 Å². The molecule has 0 spiro atoms. The predicted molar refractivity (Wildman–Crippen MR) is 105 cm³/mol. The van der Waals surface area contributed by atoms with Gasteiger partial charge in [0.2, 0.25) is 6.29 Å². The maximum atomic E-state index is 13.1. The van der Waals surface area contributed by atoms with Crippen molar-refractivity contribution in [1.29, 1.82) is 0 Å². The highest BCUT2D eigenvalue weighted by Gasteiger charge is 2.41. The monoisotopic (exact) mass is 379 g/mol. The Balaban J connectivity index is 1.82. The van der Waals surface area contributed by atoms with Crippen molar-refractivity contribution >= 4 is 5.91 Å². The normalized spacial score (nSPS) is 29.9. The summed E-state index contributed by atoms with van der Waals surface area (Å²) in [5.41, 5.74) is 0. The second kappa shape index (κ2) is 10.5. The molecule has 0 radical (unpaired) electrons. The number of carbonyl (C=O) groups excluding carboxylic acids is 1. The molecule has 2 fully saturated rings. The lowest BCUT2D eigenvalue weighted by Crippen LogP contribution is -2.44. The van der Waals surface area contributed by atoms with Crippen molar-refractivity contribution in [2.75, 3.05) is 26.3 Å². The van der Waals surface area contributed by atoms with Crippen LogP contribution in [0.1, 0.15) is 71.1 Å². The Labute approximate surface area is 164 Å². The fourth-order valence-electron chi connectivity index (χ4n) is 5.09. The number of rotatable bonds is 7. The maximum Gasteiger partial charge on any atom is 0.288 e. The summed E-state index contributed by atoms with van der Waals surface area (Å²) in [4.78, 5) is 15.0. The molecular weight excluding hydrogens is 342 g/mol. The molecule has 3 atom stereocenters. The minimum atomic E-state index is -0.373. The summed E-state index contributed by atoms with van der Waals surface area (Å²) in [6.07, 6.45) is 13.1. The van der Waals surface area contributed by atoms with Crippen LogP contribution >= 0.6 is 0 Å². The first-order valence-electron chi connectivity index (χ1n) is 11.1. The summed E-state index contributed by atoms with van der Waals surface area (Å²) in [7, 11) is 0. The number of ether oxygens (including phenoxy) is 2. The fraction of sp³-hybridized carbons (Fsp3) is 0.864. The van der Waals surface area contributed by atoms with Gasteiger partial charge in [-0.25, -0.2) is 0 Å². The van der Waals surface area contributed by atoms with Gasteiger partial charge < -0.3 is 19.5 Å². The SMILES string of the molecule is CCO[C@@H]1OC(C(=O)N2CCCCC2)=C[C@H](C2CCCCC2)[C@H]1CCCO. The molecule has 27 heavy (non-hydrogen) atoms. The Morgan fingerprint density at radius 1 is 1.19 bits per heavy atom. The molecule has 0 aromatic heterocycles. The lowest BCUT2D eigenvalue weighted by Gasteiger charge is -2.42. The van der Waals surface area contributed by atoms with Gasteiger partial charge in [-0.2, -0.15) is 0 Å². The number of piperidine rings is 1. The molecule has 2 heterocycles. The Morgan fingerprint density at radius 2 is 1.89 bits per heavy atom. The molecule has 154 valence electrons. The molecule has 0 bridgehead atoms. The van der Waals surface area contributed by atoms with E-state index in [4.69, 9.17) is 9.47 Å². The van der Waals surface area contributed by atoms with Gasteiger partial charge in [0.1, 0.15) is 0 Å². The number of carbonyl (C=O) groups is 1. The average molecular weight is 380 g/mol. The van der Waals surface area contributed by atoms with Crippen molar-refractivity contribution in [2.24, 2.45) is 17.8 Å². The number of aliphatic hydroxyl groups is 1. The molecule has 1 saturated carbocycles. The van der Waals surface area contributed by atoms with Crippen molar-refractivity contribution in [3.05, 3.63) is 11.8 Å². The Hall–Kier alpha value is -1.07. The molecule has 0 aromatic rings. The van der Waals surface area contributed by atoms with Crippen LogP contribution in [0.4, 0.5) is 0 Å². The minimum Gasteiger partial charge on any atom is -0.459 e. The maximum absolute atomic E-state index is 13.1. The fourth-order valence-corrected chi connectivity index (χ4v) is 5.09. The lowest BCUT2D eigenvalue weighted by atomic mass is 9.71. The first-order valence-corrected chi connectivity index (χ1v) is 11.1. The summed E-state index contributed by atoms with van der Waals surface area (Å²) in [6, 6.07) is 0. The van der Waals surface area contributed by atoms with Gasteiger partial charge in [0, 0.05) is 32.2 Å². The summed E-state index contributed by atoms with van der Waals surface area (Å²) in [6.45, 7) is 4.41. The van der Waals surface area contributed by atoms with Gasteiger partial charge in [0.25, 0.3) is 5.91 Å². The lowest BCUT2D eigenvalue weighted by molar-refractivity contribution is -0.180. The van der Waals surface area contributed by atoms with E-state index in [1.54, 1.807) is 0 Å². The zero-order chi connectivity index (χ0) is 19.1. The summed E-state index contributed by atoms with van der Waals surface area (Å²) >= 11 is 0. The number of amides is 1. The van der Waals surface area contributed by atoms with Crippen LogP contribution < -0.4 is 0 Å². The van der Waals surface area contributed by atoms with E-state index in [-0.39, 0.29) is 24.7 Å². The number of nitrogens with zero attached hydrogens (tertiary/aromatic N) is 1. The summed E-state index contributed by atoms with van der Waals surface area (Å²) in [5.74, 6) is 1.68. The van der Waals surface area contributed by atoms with Crippen molar-refractivity contribution in [2.45, 2.75) is 77.4 Å². The Bertz CT molecular complexity index is 495. The van der Waals surface area contributed by atoms with E-state index in [0.717, 1.165) is 38.8 Å². The number of likely N-dealkylation sites (tertiary alicyclic amines) is 1. The van der Waals surface area contributed by atoms with E-state index < -0.39 is 0 Å². The largest absolute Gasteiger partial charge is 0.459 e. The highest BCUT2D eigenvalue weighted by atomic mass is 16.7. The number of allylic oxidation sites excluding steroid dienone is 1. The minimum absolute atomic E-state index is 0.0424. The first-order chi connectivity index (χ1) is 13.2. The van der Waals surface area contributed by atoms with E-state index in [0.29, 0.717) is 24.2 Å². The van der Waals surface area contributed by atoms with Crippen LogP contribution in [0.2, 0.25) is 0 Å². The van der Waals surface area contributed by atoms with Crippen LogP contribution in [0.15, 0.2) is 11.8 Å². The van der Waals surface area contributed by atoms with E-state index in [1.165, 1.54) is 38.5 Å². The van der Waals surface area contributed by atoms with Gasteiger partial charge >= 0.3 is 0 Å². The van der Waals surface area contributed by atoms with Crippen LogP contribution in [0.3, 0.4) is 0 Å². The third-order valence-electron chi connectivity index (χ3n) is 6.51. The highest BCUT2D eigenvalue weighted by Crippen LogP contribution is 2.42. The van der Waals surface area contributed by atoms with Gasteiger partial charge in [-0.05, 0) is 69.8 Å². The first kappa shape index (κ1) is 20.7. The van der Waals surface area contributed by atoms with Crippen LogP contribution in [-0.4, -0.2) is 48.5 Å². The summed E-state index contributed by atoms with van der Waals surface area (Å²) < 4.78 is 12.1. The van der Waals surface area contributed by atoms with Crippen LogP contribution in [0.5, 0.6) is 0 Å². The Morgan fingerprint density at radius 3 is 2.56 bits per heavy atom. The average Bonchev–Trinajstić information content (AvgIpc) is 2.73. The van der Waals surface area contributed by atoms with Crippen LogP contribution in [0.25, 0.3) is 0 Å². The smallest absolute Gasteiger partial charge is 0.288 e. The molecule has 1 saturated heterocycles. The van der Waals surface area contributed by atoms with Gasteiger partial charge in [0.15, 0.2) is 5.76 Å². The van der Waals surface area contributed by atoms with Gasteiger partial charge in [-0.3, -0.25) is 4.79 Å². The Kier molecular flexibility index (Phi) is 8.01. The molecule has 0 aromatic carbocycles. The molecule has 2 aliphatic heterocycles. The quantitative estimate of drug-likeness (QED) is 0.730. The molecule has 5 nitrogen and oxygen atoms in total. The van der Waals surface area contributed by atoms with E-state index in [1.807, 2.05) is 11.8 Å². The zero-order valence-corrected chi connectivity index (χ0v) is 16.9. The van der Waals surface area contributed by atoms with E-state index in [9.17, 15) is 9.90 Å². The van der Waals surface area contributed by atoms with Gasteiger partial charge in [0.05, 0.1) is 0 Å². The van der Waals surface area contributed by atoms with E-state index in [2.05, 4.69) is 6.08 Å². The predicted octanol–water partition coefficient (Wildman–Crippen LogP) is 3.86. The van der Waals surface area contributed by atoms with E-state index >= 15 is 0 Å². The van der Waals surface area contributed by atoms with Crippen molar-refractivity contribution in [1.82, 2.24) is 4.90 Å². The molecule has 1 aliphatic carbocycles. The second-order valence-corrected chi connectivity index (χ2v) is 8.33. The summed E-state index contributed by atoms with van der Waals surface area (Å²) in [5, 5.41) is 9.36. The van der Waals surface area contributed by atoms with Crippen LogP contribution in [-0.2, 0) is 14.3 Å². The third kappa shape index (κ3) is 5.26. The molecule has 0 unspecified atom stereocenters. The number of aliphatic hydroxyl groups excluding tert-OH is 1. The molecule has 3 rings (SSSR count). The zero-order valence-electron chi connectivity index (χ0n) is 16.9. The second-order valence-electron chi connectivity index (χ2n) is 8.33. The van der Waals surface area contributed by atoms with Gasteiger partial charge in [-0.15, -0.1) is 0 Å². The van der Waals surface area contributed by atoms with Crippen molar-refractivity contribution in [3.63, 3.8) is 0 Å². The molecule has 5 heteroatoms. The van der Waals surface area contributed by atoms with Crippen LogP contribution in [0, 0.1) is 17.8 Å². The highest BCUT2D eigenvalue weighted by molar-refractivity contribution is 5.91. The number of hydrogen-bond acceptors (Lipinski definition) is 4. The molecular formula is C22H37NO4. The number of hydrogen-bond donors (Lipinski definition) is 1. The standard InChI is InChI=1S/C22H37NO4/c1-2-26-22-18(12-9-15-24)19(17-10-5-3-6-11-17)16-20(27-22)21(25)23-13-7-4-8-14-23/h16-19,22,24H,2-15H2,1H3/t18-,19-,22-/m1/s1. The molecule has 3 aliphatic rings. The van der Waals surface area contributed by atoms with Gasteiger partial charge in [-0.1, -0.05) is 19.3 Å². The molecule has 1 amide bonds.